The van der Waals surface area contributed by atoms with Crippen LogP contribution in [-0.2, 0) is 14.3 Å². The maximum Gasteiger partial charge on any atom is 0.305 e. The number of carbonyl (C=O) groups is 2. The third kappa shape index (κ3) is 3.77. The molecule has 0 aromatic carbocycles. The zero-order valence-electron chi connectivity index (χ0n) is 21.1. The maximum atomic E-state index is 12.4. The second-order valence-electron chi connectivity index (χ2n) is 12.3. The quantitative estimate of drug-likeness (QED) is 0.524. The van der Waals surface area contributed by atoms with Gasteiger partial charge in [-0.1, -0.05) is 34.1 Å². The first-order valence-electron chi connectivity index (χ1n) is 13.5. The van der Waals surface area contributed by atoms with Crippen LogP contribution in [0.3, 0.4) is 0 Å². The summed E-state index contributed by atoms with van der Waals surface area (Å²) < 4.78 is 5.17. The van der Waals surface area contributed by atoms with E-state index in [4.69, 9.17) is 4.74 Å². The van der Waals surface area contributed by atoms with E-state index in [0.717, 1.165) is 25.7 Å². The molecule has 0 amide bonds. The van der Waals surface area contributed by atoms with Gasteiger partial charge >= 0.3 is 5.97 Å². The first-order valence-corrected chi connectivity index (χ1v) is 13.5. The Balaban J connectivity index is 1.56. The largest absolute Gasteiger partial charge is 0.466 e. The van der Waals surface area contributed by atoms with Crippen LogP contribution in [0, 0.1) is 52.3 Å². The van der Waals surface area contributed by atoms with Crippen molar-refractivity contribution in [2.45, 2.75) is 105 Å². The van der Waals surface area contributed by atoms with Crippen LogP contribution in [0.25, 0.3) is 0 Å². The summed E-state index contributed by atoms with van der Waals surface area (Å²) in [6.07, 6.45) is 9.41. The predicted molar refractivity (Wildman–Crippen MR) is 126 cm³/mol. The molecule has 4 aliphatic rings. The number of hydrogen-bond acceptors (Lipinski definition) is 4. The molecule has 4 rings (SSSR count). The van der Waals surface area contributed by atoms with Gasteiger partial charge in [-0.15, -0.1) is 0 Å². The number of ether oxygens (including phenoxy) is 1. The van der Waals surface area contributed by atoms with Gasteiger partial charge in [-0.3, -0.25) is 9.59 Å². The summed E-state index contributed by atoms with van der Waals surface area (Å²) in [5, 5.41) is 11.8. The first kappa shape index (κ1) is 24.2. The van der Waals surface area contributed by atoms with Crippen LogP contribution in [0.4, 0.5) is 0 Å². The van der Waals surface area contributed by atoms with Gasteiger partial charge in [-0.25, -0.2) is 0 Å². The molecule has 10 atom stereocenters. The Hall–Kier alpha value is -0.900. The highest BCUT2D eigenvalue weighted by atomic mass is 16.5. The lowest BCUT2D eigenvalue weighted by Crippen LogP contribution is -2.61. The van der Waals surface area contributed by atoms with Crippen LogP contribution in [-0.4, -0.2) is 29.6 Å². The molecule has 4 fully saturated rings. The lowest BCUT2D eigenvalue weighted by molar-refractivity contribution is -0.194. The molecule has 182 valence electrons. The van der Waals surface area contributed by atoms with Crippen LogP contribution < -0.4 is 0 Å². The highest BCUT2D eigenvalue weighted by Gasteiger charge is 2.64. The summed E-state index contributed by atoms with van der Waals surface area (Å²) in [5.41, 5.74) is 0.454. The Labute approximate surface area is 195 Å². The molecule has 4 saturated carbocycles. The smallest absolute Gasteiger partial charge is 0.305 e. The minimum Gasteiger partial charge on any atom is -0.466 e. The minimum atomic E-state index is -0.271. The molecule has 4 nitrogen and oxygen atoms in total. The average Bonchev–Trinajstić information content (AvgIpc) is 3.11. The van der Waals surface area contributed by atoms with Gasteiger partial charge in [0.25, 0.3) is 0 Å². The predicted octanol–water partition coefficient (Wildman–Crippen LogP) is 5.80. The number of fused-ring (bicyclic) bond motifs is 5. The number of carbonyl (C=O) groups excluding carboxylic acids is 2. The Bertz CT molecular complexity index is 718. The molecule has 0 aliphatic heterocycles. The van der Waals surface area contributed by atoms with Crippen molar-refractivity contribution in [3.05, 3.63) is 0 Å². The van der Waals surface area contributed by atoms with E-state index in [9.17, 15) is 14.7 Å². The third-order valence-corrected chi connectivity index (χ3v) is 11.1. The molecule has 1 N–H and O–H groups in total. The van der Waals surface area contributed by atoms with Crippen LogP contribution in [0.15, 0.2) is 0 Å². The van der Waals surface area contributed by atoms with Crippen LogP contribution in [0.5, 0.6) is 0 Å². The van der Waals surface area contributed by atoms with E-state index in [0.29, 0.717) is 60.7 Å². The fraction of sp³-hybridized carbons (Fsp3) is 0.929. The zero-order chi connectivity index (χ0) is 23.3. The molecular weight excluding hydrogens is 400 g/mol. The second-order valence-corrected chi connectivity index (χ2v) is 12.3. The van der Waals surface area contributed by atoms with E-state index < -0.39 is 0 Å². The molecule has 0 spiro atoms. The molecule has 0 radical (unpaired) electrons. The van der Waals surface area contributed by atoms with E-state index in [-0.39, 0.29) is 28.8 Å². The molecular formula is C28H46O4. The summed E-state index contributed by atoms with van der Waals surface area (Å²) in [4.78, 5) is 24.3. The van der Waals surface area contributed by atoms with E-state index in [2.05, 4.69) is 27.7 Å². The Morgan fingerprint density at radius 3 is 2.50 bits per heavy atom. The van der Waals surface area contributed by atoms with Crippen molar-refractivity contribution in [2.75, 3.05) is 6.61 Å². The van der Waals surface area contributed by atoms with E-state index in [1.807, 2.05) is 6.92 Å². The lowest BCUT2D eigenvalue weighted by atomic mass is 9.41. The summed E-state index contributed by atoms with van der Waals surface area (Å²) in [5.74, 6) is 3.56. The van der Waals surface area contributed by atoms with Gasteiger partial charge < -0.3 is 9.84 Å². The minimum absolute atomic E-state index is 0.0675. The van der Waals surface area contributed by atoms with E-state index >= 15 is 0 Å². The highest BCUT2D eigenvalue weighted by Crippen LogP contribution is 2.69. The molecule has 32 heavy (non-hydrogen) atoms. The van der Waals surface area contributed by atoms with Crippen molar-refractivity contribution in [3.8, 4) is 0 Å². The normalized spacial score (nSPS) is 46.7. The van der Waals surface area contributed by atoms with Gasteiger partial charge in [0.15, 0.2) is 0 Å². The van der Waals surface area contributed by atoms with E-state index in [1.165, 1.54) is 25.7 Å². The van der Waals surface area contributed by atoms with Gasteiger partial charge in [0.1, 0.15) is 5.78 Å². The third-order valence-electron chi connectivity index (χ3n) is 11.1. The van der Waals surface area contributed by atoms with Gasteiger partial charge in [0.2, 0.25) is 0 Å². The molecule has 0 saturated heterocycles. The van der Waals surface area contributed by atoms with Crippen molar-refractivity contribution in [1.82, 2.24) is 0 Å². The Kier molecular flexibility index (Phi) is 6.85. The van der Waals surface area contributed by atoms with Crippen LogP contribution in [0.1, 0.15) is 98.8 Å². The topological polar surface area (TPSA) is 63.6 Å². The van der Waals surface area contributed by atoms with Crippen molar-refractivity contribution in [3.63, 3.8) is 0 Å². The molecule has 4 heteroatoms. The lowest BCUT2D eigenvalue weighted by Gasteiger charge is -2.64. The molecule has 0 bridgehead atoms. The van der Waals surface area contributed by atoms with Crippen LogP contribution in [0.2, 0.25) is 0 Å². The average molecular weight is 447 g/mol. The van der Waals surface area contributed by atoms with Crippen molar-refractivity contribution < 1.29 is 19.4 Å². The summed E-state index contributed by atoms with van der Waals surface area (Å²) >= 11 is 0. The number of esters is 1. The number of Topliss-reactive ketones (excluding diaryl/α,β-unsaturated/α-hetero) is 1. The fourth-order valence-corrected chi connectivity index (χ4v) is 9.52. The maximum absolute atomic E-state index is 12.4. The van der Waals surface area contributed by atoms with Crippen molar-refractivity contribution >= 4 is 11.8 Å². The van der Waals surface area contributed by atoms with Gasteiger partial charge in [0.05, 0.1) is 12.7 Å². The number of aliphatic hydroxyl groups excluding tert-OH is 1. The number of ketones is 1. The van der Waals surface area contributed by atoms with Crippen LogP contribution >= 0.6 is 0 Å². The summed E-state index contributed by atoms with van der Waals surface area (Å²) in [6.45, 7) is 11.8. The SMILES string of the molecule is CCOC(=O)CCC(C)[C@H]1CC[C@H]2[C@@H]3[C@H](O)[C@@H](CC)[C@@H]4CC(=O)CC[C@]4(C)[C@H]3CC[C@]12C. The molecule has 4 aliphatic carbocycles. The van der Waals surface area contributed by atoms with Crippen molar-refractivity contribution in [1.29, 1.82) is 0 Å². The number of rotatable bonds is 6. The molecule has 1 unspecified atom stereocenters. The Morgan fingerprint density at radius 1 is 1.09 bits per heavy atom. The Morgan fingerprint density at radius 2 is 1.81 bits per heavy atom. The van der Waals surface area contributed by atoms with Gasteiger partial charge in [0, 0.05) is 19.3 Å². The molecule has 0 aromatic heterocycles. The fourth-order valence-electron chi connectivity index (χ4n) is 9.52. The second kappa shape index (κ2) is 9.04. The summed E-state index contributed by atoms with van der Waals surface area (Å²) in [7, 11) is 0. The molecule has 0 aromatic rings. The first-order chi connectivity index (χ1) is 15.2. The monoisotopic (exact) mass is 446 g/mol. The number of aliphatic hydroxyl groups is 1. The van der Waals surface area contributed by atoms with Gasteiger partial charge in [-0.05, 0) is 97.7 Å². The van der Waals surface area contributed by atoms with E-state index in [1.54, 1.807) is 0 Å². The number of hydrogen-bond donors (Lipinski definition) is 1. The highest BCUT2D eigenvalue weighted by molar-refractivity contribution is 5.79. The van der Waals surface area contributed by atoms with Crippen molar-refractivity contribution in [2.24, 2.45) is 52.3 Å². The summed E-state index contributed by atoms with van der Waals surface area (Å²) in [6, 6.07) is 0. The standard InChI is InChI=1S/C28H46O4/c1-6-19-23-16-18(29)12-14-28(23,5)22-13-15-27(4)20(9-10-21(27)25(22)26(19)31)17(3)8-11-24(30)32-7-2/h17,19-23,25-26,31H,6-16H2,1-5H3/t17?,19-,20+,21-,22-,23-,25-,26+,27+,28+/m0/s1. The van der Waals surface area contributed by atoms with Gasteiger partial charge in [-0.2, -0.15) is 0 Å². The molecule has 0 heterocycles. The zero-order valence-corrected chi connectivity index (χ0v) is 21.1.